The Labute approximate surface area is 361 Å². The third-order valence-electron chi connectivity index (χ3n) is 11.6. The first kappa shape index (κ1) is 38.3. The minimum Gasteiger partial charge on any atom is -0.208 e. The molecule has 0 saturated carbocycles. The number of rotatable bonds is 8. The summed E-state index contributed by atoms with van der Waals surface area (Å²) in [6.45, 7) is 8.37. The maximum atomic E-state index is 5.06. The maximum Gasteiger partial charge on any atom is 0.164 e. The molecule has 0 aliphatic carbocycles. The summed E-state index contributed by atoms with van der Waals surface area (Å²) in [7, 11) is 0. The van der Waals surface area contributed by atoms with Crippen LogP contribution < -0.4 is 0 Å². The van der Waals surface area contributed by atoms with Gasteiger partial charge in [0.05, 0.1) is 0 Å². The number of fused-ring (bicyclic) bond motifs is 1. The van der Waals surface area contributed by atoms with Crippen molar-refractivity contribution in [1.82, 2.24) is 29.9 Å². The van der Waals surface area contributed by atoms with Gasteiger partial charge in [0.25, 0.3) is 0 Å². The highest BCUT2D eigenvalue weighted by atomic mass is 15.0. The van der Waals surface area contributed by atoms with Crippen LogP contribution in [-0.2, 0) is 0 Å². The van der Waals surface area contributed by atoms with E-state index in [1.165, 1.54) is 0 Å². The fourth-order valence-corrected chi connectivity index (χ4v) is 8.07. The van der Waals surface area contributed by atoms with Crippen LogP contribution in [0.4, 0.5) is 0 Å². The van der Waals surface area contributed by atoms with E-state index in [1.807, 2.05) is 48.5 Å². The van der Waals surface area contributed by atoms with Gasteiger partial charge in [-0.3, -0.25) is 0 Å². The number of hydrogen-bond donors (Lipinski definition) is 0. The predicted molar refractivity (Wildman–Crippen MR) is 253 cm³/mol. The molecule has 0 unspecified atom stereocenters. The zero-order chi connectivity index (χ0) is 42.2. The van der Waals surface area contributed by atoms with Crippen LogP contribution in [0.3, 0.4) is 0 Å². The highest BCUT2D eigenvalue weighted by Gasteiger charge is 2.17. The number of hydrogen-bond acceptors (Lipinski definition) is 6. The van der Waals surface area contributed by atoms with Crippen LogP contribution in [-0.4, -0.2) is 29.9 Å². The molecule has 0 saturated heterocycles. The van der Waals surface area contributed by atoms with E-state index in [9.17, 15) is 0 Å². The average molecular weight is 799 g/mol. The lowest BCUT2D eigenvalue weighted by Gasteiger charge is -2.12. The average Bonchev–Trinajstić information content (AvgIpc) is 3.31. The minimum absolute atomic E-state index is 0.636. The molecule has 0 aliphatic rings. The summed E-state index contributed by atoms with van der Waals surface area (Å²) in [4.78, 5) is 30.2. The van der Waals surface area contributed by atoms with E-state index in [-0.39, 0.29) is 0 Å². The molecule has 2 heterocycles. The monoisotopic (exact) mass is 798 g/mol. The van der Waals surface area contributed by atoms with Crippen LogP contribution in [0.25, 0.3) is 101 Å². The van der Waals surface area contributed by atoms with Gasteiger partial charge >= 0.3 is 0 Å². The molecular formula is C56H42N6. The van der Waals surface area contributed by atoms with Crippen molar-refractivity contribution in [1.29, 1.82) is 0 Å². The number of nitrogens with zero attached hydrogens (tertiary/aromatic N) is 6. The predicted octanol–water partition coefficient (Wildman–Crippen LogP) is 13.8. The molecule has 0 atom stereocenters. The third kappa shape index (κ3) is 7.55. The highest BCUT2D eigenvalue weighted by molar-refractivity contribution is 5.91. The van der Waals surface area contributed by atoms with Crippen LogP contribution in [0.15, 0.2) is 182 Å². The van der Waals surface area contributed by atoms with E-state index < -0.39 is 0 Å². The highest BCUT2D eigenvalue weighted by Crippen LogP contribution is 2.34. The van der Waals surface area contributed by atoms with Gasteiger partial charge in [-0.05, 0) is 107 Å². The molecule has 8 aromatic carbocycles. The summed E-state index contributed by atoms with van der Waals surface area (Å²) in [6, 6.07) is 63.2. The first-order chi connectivity index (χ1) is 30.3. The first-order valence-electron chi connectivity index (χ1n) is 20.9. The van der Waals surface area contributed by atoms with Crippen molar-refractivity contribution >= 4 is 10.8 Å². The molecule has 2 aromatic heterocycles. The van der Waals surface area contributed by atoms with Crippen LogP contribution in [0.5, 0.6) is 0 Å². The molecule has 0 radical (unpaired) electrons. The van der Waals surface area contributed by atoms with Crippen molar-refractivity contribution in [3.05, 3.63) is 204 Å². The van der Waals surface area contributed by atoms with Gasteiger partial charge < -0.3 is 0 Å². The quantitative estimate of drug-likeness (QED) is 0.152. The van der Waals surface area contributed by atoms with Crippen molar-refractivity contribution in [2.45, 2.75) is 27.7 Å². The van der Waals surface area contributed by atoms with Gasteiger partial charge in [0, 0.05) is 33.4 Å². The molecule has 62 heavy (non-hydrogen) atoms. The van der Waals surface area contributed by atoms with Gasteiger partial charge in [-0.1, -0.05) is 158 Å². The second-order valence-electron chi connectivity index (χ2n) is 15.8. The summed E-state index contributed by atoms with van der Waals surface area (Å²) in [6.07, 6.45) is 0. The second-order valence-corrected chi connectivity index (χ2v) is 15.8. The molecular weight excluding hydrogens is 757 g/mol. The third-order valence-corrected chi connectivity index (χ3v) is 11.6. The number of aryl methyl sites for hydroxylation is 4. The van der Waals surface area contributed by atoms with E-state index in [4.69, 9.17) is 29.9 Å². The minimum atomic E-state index is 0.636. The molecule has 296 valence electrons. The molecule has 10 rings (SSSR count). The smallest absolute Gasteiger partial charge is 0.164 e. The normalized spacial score (nSPS) is 11.2. The van der Waals surface area contributed by atoms with Crippen LogP contribution in [0, 0.1) is 27.7 Å². The lowest BCUT2D eigenvalue weighted by Crippen LogP contribution is -2.02. The van der Waals surface area contributed by atoms with Crippen molar-refractivity contribution in [2.24, 2.45) is 0 Å². The van der Waals surface area contributed by atoms with Crippen molar-refractivity contribution in [3.63, 3.8) is 0 Å². The zero-order valence-electron chi connectivity index (χ0n) is 35.0. The number of benzene rings is 8. The molecule has 0 bridgehead atoms. The lowest BCUT2D eigenvalue weighted by atomic mass is 9.96. The SMILES string of the molecule is Cc1ccccc1-c1nc(-c2cccc(-c3ccc4ccc(-c5cccc(-c6nc(-c7ccccc7C)nc(-c7ccccc7C)n6)c5)cc4c3)c2)nc(-c2ccccc2C)n1. The summed E-state index contributed by atoms with van der Waals surface area (Å²) < 4.78 is 0. The van der Waals surface area contributed by atoms with Gasteiger partial charge in [-0.25, -0.2) is 29.9 Å². The zero-order valence-corrected chi connectivity index (χ0v) is 35.0. The van der Waals surface area contributed by atoms with Gasteiger partial charge in [0.1, 0.15) is 0 Å². The van der Waals surface area contributed by atoms with Crippen LogP contribution >= 0.6 is 0 Å². The summed E-state index contributed by atoms with van der Waals surface area (Å²) >= 11 is 0. The summed E-state index contributed by atoms with van der Waals surface area (Å²) in [5, 5.41) is 2.31. The Hall–Kier alpha value is -7.96. The molecule has 0 spiro atoms. The van der Waals surface area contributed by atoms with E-state index >= 15 is 0 Å². The summed E-state index contributed by atoms with van der Waals surface area (Å²) in [5.41, 5.74) is 14.6. The first-order valence-corrected chi connectivity index (χ1v) is 20.9. The Kier molecular flexibility index (Phi) is 10.0. The molecule has 0 amide bonds. The van der Waals surface area contributed by atoms with Gasteiger partial charge in [-0.15, -0.1) is 0 Å². The molecule has 6 heteroatoms. The van der Waals surface area contributed by atoms with Crippen LogP contribution in [0.2, 0.25) is 0 Å². The second kappa shape index (κ2) is 16.2. The van der Waals surface area contributed by atoms with E-state index in [2.05, 4.69) is 161 Å². The van der Waals surface area contributed by atoms with Gasteiger partial charge in [-0.2, -0.15) is 0 Å². The molecule has 6 nitrogen and oxygen atoms in total. The largest absolute Gasteiger partial charge is 0.208 e. The fourth-order valence-electron chi connectivity index (χ4n) is 8.07. The lowest BCUT2D eigenvalue weighted by molar-refractivity contribution is 1.07. The molecule has 0 N–H and O–H groups in total. The van der Waals surface area contributed by atoms with E-state index in [0.717, 1.165) is 88.7 Å². The Morgan fingerprint density at radius 2 is 0.516 bits per heavy atom. The molecule has 10 aromatic rings. The topological polar surface area (TPSA) is 77.3 Å². The van der Waals surface area contributed by atoms with Crippen molar-refractivity contribution in [2.75, 3.05) is 0 Å². The Morgan fingerprint density at radius 3 is 0.855 bits per heavy atom. The van der Waals surface area contributed by atoms with Crippen molar-refractivity contribution < 1.29 is 0 Å². The number of aromatic nitrogens is 6. The van der Waals surface area contributed by atoms with Gasteiger partial charge in [0.2, 0.25) is 0 Å². The molecule has 0 fully saturated rings. The van der Waals surface area contributed by atoms with E-state index in [1.54, 1.807) is 0 Å². The van der Waals surface area contributed by atoms with Crippen molar-refractivity contribution in [3.8, 4) is 90.6 Å². The fraction of sp³-hybridized carbons (Fsp3) is 0.0714. The Morgan fingerprint density at radius 1 is 0.226 bits per heavy atom. The van der Waals surface area contributed by atoms with Crippen LogP contribution in [0.1, 0.15) is 22.3 Å². The molecule has 0 aliphatic heterocycles. The summed E-state index contributed by atoms with van der Waals surface area (Å²) in [5.74, 6) is 3.91. The Bertz CT molecular complexity index is 2970. The Balaban J connectivity index is 1.02. The van der Waals surface area contributed by atoms with E-state index in [0.29, 0.717) is 34.9 Å². The maximum absolute atomic E-state index is 5.06. The van der Waals surface area contributed by atoms with Gasteiger partial charge in [0.15, 0.2) is 34.9 Å². The standard InChI is InChI=1S/C56H42N6/c1-35-15-5-9-23-47(35)53-57-51(58-54(61-53)48-24-10-6-16-36(48)2)44-21-13-19-40(31-44)42-29-27-39-28-30-43(34-46(39)33-42)41-20-14-22-45(32-41)52-59-55(49-25-11-7-17-37(49)3)62-56(60-52)50-26-12-8-18-38(50)4/h5-34H,1-4H3.